The topological polar surface area (TPSA) is 103 Å². The van der Waals surface area contributed by atoms with Crippen molar-refractivity contribution in [1.29, 1.82) is 0 Å². The minimum absolute atomic E-state index is 0.219. The Morgan fingerprint density at radius 3 is 2.35 bits per heavy atom. The Balaban J connectivity index is 1.35. The Hall–Kier alpha value is -3.62. The molecule has 1 aromatic carbocycles. The average molecular weight is 424 g/mol. The second kappa shape index (κ2) is 8.63. The van der Waals surface area contributed by atoms with Gasteiger partial charge in [0, 0.05) is 32.6 Å². The number of rotatable bonds is 5. The van der Waals surface area contributed by atoms with E-state index in [2.05, 4.69) is 5.32 Å². The van der Waals surface area contributed by atoms with Crippen LogP contribution in [-0.2, 0) is 16.0 Å². The number of furan rings is 1. The Kier molecular flexibility index (Phi) is 5.75. The standard InChI is InChI=1S/C22H24N4O5/c1-15(26-20(28)17(23-22(26)30)14-16-6-3-2-4-7-16)19(27)24-9-11-25(12-10-24)21(29)18-8-5-13-31-18/h2-8,13,15,17H,9-12,14H2,1H3,(H,23,30)/t15-,17-/m1/s1. The van der Waals surface area contributed by atoms with Gasteiger partial charge in [-0.15, -0.1) is 0 Å². The average Bonchev–Trinajstić information content (AvgIpc) is 3.42. The molecule has 1 aromatic heterocycles. The van der Waals surface area contributed by atoms with Crippen LogP contribution in [0.15, 0.2) is 53.1 Å². The number of imide groups is 1. The highest BCUT2D eigenvalue weighted by atomic mass is 16.3. The summed E-state index contributed by atoms with van der Waals surface area (Å²) < 4.78 is 5.14. The lowest BCUT2D eigenvalue weighted by Crippen LogP contribution is -2.56. The van der Waals surface area contributed by atoms with Crippen LogP contribution in [0.1, 0.15) is 23.0 Å². The third-order valence-electron chi connectivity index (χ3n) is 5.69. The molecule has 0 bridgehead atoms. The number of carbonyl (C=O) groups excluding carboxylic acids is 4. The van der Waals surface area contributed by atoms with Crippen molar-refractivity contribution in [2.45, 2.75) is 25.4 Å². The number of hydrogen-bond acceptors (Lipinski definition) is 5. The number of benzene rings is 1. The van der Waals surface area contributed by atoms with Crippen molar-refractivity contribution in [3.05, 3.63) is 60.1 Å². The van der Waals surface area contributed by atoms with Crippen molar-refractivity contribution in [2.75, 3.05) is 26.2 Å². The van der Waals surface area contributed by atoms with Gasteiger partial charge in [0.05, 0.1) is 6.26 Å². The predicted octanol–water partition coefficient (Wildman–Crippen LogP) is 1.12. The highest BCUT2D eigenvalue weighted by molar-refractivity contribution is 6.07. The van der Waals surface area contributed by atoms with Gasteiger partial charge < -0.3 is 19.5 Å². The van der Waals surface area contributed by atoms with Gasteiger partial charge in [0.25, 0.3) is 11.8 Å². The Morgan fingerprint density at radius 1 is 1.03 bits per heavy atom. The summed E-state index contributed by atoms with van der Waals surface area (Å²) in [6.45, 7) is 2.92. The first-order chi connectivity index (χ1) is 15.0. The van der Waals surface area contributed by atoms with Crippen LogP contribution in [-0.4, -0.2) is 76.7 Å². The monoisotopic (exact) mass is 424 g/mol. The van der Waals surface area contributed by atoms with E-state index in [0.29, 0.717) is 32.6 Å². The summed E-state index contributed by atoms with van der Waals surface area (Å²) in [6, 6.07) is 10.5. The Bertz CT molecular complexity index is 967. The maximum Gasteiger partial charge on any atom is 0.325 e. The van der Waals surface area contributed by atoms with Crippen molar-refractivity contribution in [2.24, 2.45) is 0 Å². The summed E-state index contributed by atoms with van der Waals surface area (Å²) in [4.78, 5) is 54.8. The third-order valence-corrected chi connectivity index (χ3v) is 5.69. The largest absolute Gasteiger partial charge is 0.459 e. The number of amides is 5. The molecule has 9 nitrogen and oxygen atoms in total. The first kappa shape index (κ1) is 20.6. The zero-order chi connectivity index (χ0) is 22.0. The molecular weight excluding hydrogens is 400 g/mol. The summed E-state index contributed by atoms with van der Waals surface area (Å²) in [7, 11) is 0. The molecule has 5 amide bonds. The van der Waals surface area contributed by atoms with Gasteiger partial charge in [-0.2, -0.15) is 0 Å². The first-order valence-electron chi connectivity index (χ1n) is 10.2. The molecule has 2 saturated heterocycles. The van der Waals surface area contributed by atoms with Crippen LogP contribution in [0.25, 0.3) is 0 Å². The number of carbonyl (C=O) groups is 4. The minimum Gasteiger partial charge on any atom is -0.459 e. The molecule has 3 heterocycles. The number of urea groups is 1. The van der Waals surface area contributed by atoms with Gasteiger partial charge in [-0.3, -0.25) is 19.3 Å². The van der Waals surface area contributed by atoms with Gasteiger partial charge in [0.2, 0.25) is 5.91 Å². The number of piperazine rings is 1. The van der Waals surface area contributed by atoms with E-state index >= 15 is 0 Å². The lowest BCUT2D eigenvalue weighted by Gasteiger charge is -2.36. The van der Waals surface area contributed by atoms with E-state index in [-0.39, 0.29) is 17.6 Å². The van der Waals surface area contributed by atoms with Crippen LogP contribution in [0.4, 0.5) is 4.79 Å². The summed E-state index contributed by atoms with van der Waals surface area (Å²) in [5.74, 6) is -0.671. The summed E-state index contributed by atoms with van der Waals surface area (Å²) in [5.41, 5.74) is 0.930. The number of hydrogen-bond donors (Lipinski definition) is 1. The zero-order valence-corrected chi connectivity index (χ0v) is 17.2. The maximum atomic E-state index is 13.0. The fourth-order valence-corrected chi connectivity index (χ4v) is 3.96. The van der Waals surface area contributed by atoms with Gasteiger partial charge in [-0.05, 0) is 24.6 Å². The third kappa shape index (κ3) is 4.16. The molecule has 9 heteroatoms. The Labute approximate surface area is 179 Å². The molecule has 2 atom stereocenters. The lowest BCUT2D eigenvalue weighted by molar-refractivity contribution is -0.142. The van der Waals surface area contributed by atoms with Crippen LogP contribution in [0.3, 0.4) is 0 Å². The van der Waals surface area contributed by atoms with E-state index in [1.54, 1.807) is 28.9 Å². The van der Waals surface area contributed by atoms with Crippen molar-refractivity contribution in [3.8, 4) is 0 Å². The van der Waals surface area contributed by atoms with Gasteiger partial charge in [0.1, 0.15) is 12.1 Å². The summed E-state index contributed by atoms with van der Waals surface area (Å²) in [6.07, 6.45) is 1.81. The smallest absolute Gasteiger partial charge is 0.325 e. The van der Waals surface area contributed by atoms with Crippen molar-refractivity contribution in [3.63, 3.8) is 0 Å². The molecule has 1 N–H and O–H groups in total. The van der Waals surface area contributed by atoms with E-state index < -0.39 is 24.0 Å². The molecule has 4 rings (SSSR count). The minimum atomic E-state index is -0.916. The lowest BCUT2D eigenvalue weighted by atomic mass is 10.1. The molecule has 0 aliphatic carbocycles. The molecule has 2 aromatic rings. The van der Waals surface area contributed by atoms with E-state index in [1.807, 2.05) is 30.3 Å². The molecule has 2 aliphatic rings. The number of nitrogens with one attached hydrogen (secondary N) is 1. The quantitative estimate of drug-likeness (QED) is 0.725. The maximum absolute atomic E-state index is 13.0. The van der Waals surface area contributed by atoms with Crippen LogP contribution in [0.2, 0.25) is 0 Å². The van der Waals surface area contributed by atoms with Crippen LogP contribution < -0.4 is 5.32 Å². The molecule has 0 spiro atoms. The normalized spacial score (nSPS) is 20.0. The molecular formula is C22H24N4O5. The SMILES string of the molecule is C[C@H](C(=O)N1CCN(C(=O)c2ccco2)CC1)N1C(=O)N[C@H](Cc2ccccc2)C1=O. The highest BCUT2D eigenvalue weighted by Crippen LogP contribution is 2.18. The summed E-state index contributed by atoms with van der Waals surface area (Å²) in [5, 5.41) is 2.68. The van der Waals surface area contributed by atoms with Gasteiger partial charge >= 0.3 is 6.03 Å². The van der Waals surface area contributed by atoms with Gasteiger partial charge in [0.15, 0.2) is 5.76 Å². The second-order valence-corrected chi connectivity index (χ2v) is 7.67. The van der Waals surface area contributed by atoms with Crippen molar-refractivity contribution in [1.82, 2.24) is 20.0 Å². The van der Waals surface area contributed by atoms with Crippen molar-refractivity contribution < 1.29 is 23.6 Å². The molecule has 31 heavy (non-hydrogen) atoms. The molecule has 0 saturated carbocycles. The van der Waals surface area contributed by atoms with E-state index in [4.69, 9.17) is 4.42 Å². The van der Waals surface area contributed by atoms with Crippen molar-refractivity contribution >= 4 is 23.8 Å². The number of nitrogens with zero attached hydrogens (tertiary/aromatic N) is 3. The fourth-order valence-electron chi connectivity index (χ4n) is 3.96. The molecule has 2 fully saturated rings. The van der Waals surface area contributed by atoms with Crippen LogP contribution in [0, 0.1) is 0 Å². The molecule has 2 aliphatic heterocycles. The molecule has 162 valence electrons. The van der Waals surface area contributed by atoms with Gasteiger partial charge in [-0.1, -0.05) is 30.3 Å². The highest BCUT2D eigenvalue weighted by Gasteiger charge is 2.44. The second-order valence-electron chi connectivity index (χ2n) is 7.67. The fraction of sp³-hybridized carbons (Fsp3) is 0.364. The molecule has 0 unspecified atom stereocenters. The van der Waals surface area contributed by atoms with E-state index in [0.717, 1.165) is 10.5 Å². The zero-order valence-electron chi connectivity index (χ0n) is 17.2. The van der Waals surface area contributed by atoms with Crippen LogP contribution in [0.5, 0.6) is 0 Å². The van der Waals surface area contributed by atoms with E-state index in [9.17, 15) is 19.2 Å². The van der Waals surface area contributed by atoms with Crippen LogP contribution >= 0.6 is 0 Å². The van der Waals surface area contributed by atoms with Gasteiger partial charge in [-0.25, -0.2) is 4.79 Å². The first-order valence-corrected chi connectivity index (χ1v) is 10.2. The molecule has 0 radical (unpaired) electrons. The Morgan fingerprint density at radius 2 is 1.71 bits per heavy atom. The van der Waals surface area contributed by atoms with E-state index in [1.165, 1.54) is 6.26 Å². The predicted molar refractivity (Wildman–Crippen MR) is 110 cm³/mol. The summed E-state index contributed by atoms with van der Waals surface area (Å²) >= 11 is 0.